The fraction of sp³-hybridized carbons (Fsp3) is 0.316. The lowest BCUT2D eigenvalue weighted by Gasteiger charge is -2.12. The van der Waals surface area contributed by atoms with E-state index in [1.165, 1.54) is 0 Å². The van der Waals surface area contributed by atoms with Crippen LogP contribution < -0.4 is 14.2 Å². The van der Waals surface area contributed by atoms with E-state index in [1.807, 2.05) is 24.3 Å². The Hall–Kier alpha value is -2.21. The lowest BCUT2D eigenvalue weighted by molar-refractivity contribution is -0.144. The second kappa shape index (κ2) is 9.32. The minimum atomic E-state index is -0.252. The third kappa shape index (κ3) is 5.39. The maximum absolute atomic E-state index is 12.0. The molecule has 25 heavy (non-hydrogen) atoms. The molecule has 0 radical (unpaired) electrons. The first-order valence-corrected chi connectivity index (χ1v) is 8.55. The van der Waals surface area contributed by atoms with Gasteiger partial charge in [-0.05, 0) is 36.2 Å². The maximum atomic E-state index is 12.0. The van der Waals surface area contributed by atoms with E-state index < -0.39 is 0 Å². The van der Waals surface area contributed by atoms with Gasteiger partial charge in [-0.25, -0.2) is 0 Å². The van der Waals surface area contributed by atoms with Crippen molar-refractivity contribution in [1.29, 1.82) is 0 Å². The Morgan fingerprint density at radius 1 is 0.960 bits per heavy atom. The predicted molar refractivity (Wildman–Crippen MR) is 98.4 cm³/mol. The Balaban J connectivity index is 1.89. The van der Waals surface area contributed by atoms with Crippen LogP contribution in [-0.4, -0.2) is 27.3 Å². The van der Waals surface area contributed by atoms with Crippen LogP contribution in [0.5, 0.6) is 17.2 Å². The molecule has 134 valence electrons. The maximum Gasteiger partial charge on any atom is 0.306 e. The summed E-state index contributed by atoms with van der Waals surface area (Å²) in [5, 5.41) is 0. The summed E-state index contributed by atoms with van der Waals surface area (Å²) in [6.07, 6.45) is 0.938. The summed E-state index contributed by atoms with van der Waals surface area (Å²) in [6, 6.07) is 11.2. The van der Waals surface area contributed by atoms with Crippen molar-refractivity contribution in [2.75, 3.05) is 21.3 Å². The molecular weight excluding hydrogens is 388 g/mol. The second-order valence-corrected chi connectivity index (χ2v) is 6.16. The predicted octanol–water partition coefficient (Wildman–Crippen LogP) is 4.15. The third-order valence-corrected chi connectivity index (χ3v) is 4.46. The fourth-order valence-corrected chi connectivity index (χ4v) is 2.71. The van der Waals surface area contributed by atoms with Crippen molar-refractivity contribution in [3.05, 3.63) is 52.0 Å². The van der Waals surface area contributed by atoms with Crippen LogP contribution in [0, 0.1) is 0 Å². The number of halogens is 1. The highest BCUT2D eigenvalue weighted by molar-refractivity contribution is 9.10. The molecule has 0 N–H and O–H groups in total. The molecule has 0 saturated heterocycles. The molecule has 2 aromatic rings. The summed E-state index contributed by atoms with van der Waals surface area (Å²) < 4.78 is 21.8. The summed E-state index contributed by atoms with van der Waals surface area (Å²) in [5.74, 6) is 1.75. The Bertz CT molecular complexity index is 712. The van der Waals surface area contributed by atoms with Crippen molar-refractivity contribution in [2.24, 2.45) is 0 Å². The smallest absolute Gasteiger partial charge is 0.306 e. The topological polar surface area (TPSA) is 54.0 Å². The molecule has 0 atom stereocenters. The zero-order valence-electron chi connectivity index (χ0n) is 14.5. The van der Waals surface area contributed by atoms with E-state index in [4.69, 9.17) is 18.9 Å². The average Bonchev–Trinajstić information content (AvgIpc) is 2.65. The van der Waals surface area contributed by atoms with Gasteiger partial charge in [0, 0.05) is 16.5 Å². The van der Waals surface area contributed by atoms with E-state index in [9.17, 15) is 4.79 Å². The first-order chi connectivity index (χ1) is 12.1. The number of hydrogen-bond acceptors (Lipinski definition) is 5. The van der Waals surface area contributed by atoms with E-state index in [1.54, 1.807) is 33.5 Å². The van der Waals surface area contributed by atoms with E-state index in [0.29, 0.717) is 24.3 Å². The quantitative estimate of drug-likeness (QED) is 0.614. The summed E-state index contributed by atoms with van der Waals surface area (Å²) in [4.78, 5) is 12.0. The number of aryl methyl sites for hydroxylation is 1. The summed E-state index contributed by atoms with van der Waals surface area (Å²) >= 11 is 3.45. The van der Waals surface area contributed by atoms with Gasteiger partial charge in [-0.2, -0.15) is 0 Å². The molecule has 5 nitrogen and oxygen atoms in total. The molecule has 0 aliphatic heterocycles. The number of benzene rings is 2. The van der Waals surface area contributed by atoms with Crippen LogP contribution in [0.15, 0.2) is 40.9 Å². The lowest BCUT2D eigenvalue weighted by Crippen LogP contribution is -2.06. The largest absolute Gasteiger partial charge is 0.497 e. The molecule has 0 aliphatic rings. The Morgan fingerprint density at radius 2 is 1.60 bits per heavy atom. The van der Waals surface area contributed by atoms with Crippen molar-refractivity contribution in [1.82, 2.24) is 0 Å². The first-order valence-electron chi connectivity index (χ1n) is 7.76. The molecule has 6 heteroatoms. The Labute approximate surface area is 156 Å². The number of esters is 1. The number of carbonyl (C=O) groups is 1. The van der Waals surface area contributed by atoms with Gasteiger partial charge < -0.3 is 18.9 Å². The van der Waals surface area contributed by atoms with Gasteiger partial charge >= 0.3 is 5.97 Å². The lowest BCUT2D eigenvalue weighted by atomic mass is 10.1. The van der Waals surface area contributed by atoms with Crippen LogP contribution in [0.1, 0.15) is 17.5 Å². The molecule has 0 aliphatic carbocycles. The van der Waals surface area contributed by atoms with Crippen LogP contribution in [0.2, 0.25) is 0 Å². The molecule has 0 heterocycles. The highest BCUT2D eigenvalue weighted by atomic mass is 79.9. The molecule has 2 aromatic carbocycles. The van der Waals surface area contributed by atoms with Crippen molar-refractivity contribution in [3.8, 4) is 17.2 Å². The molecule has 0 spiro atoms. The van der Waals surface area contributed by atoms with Gasteiger partial charge in [-0.1, -0.05) is 28.1 Å². The van der Waals surface area contributed by atoms with Gasteiger partial charge in [0.05, 0.1) is 21.3 Å². The van der Waals surface area contributed by atoms with Gasteiger partial charge in [-0.3, -0.25) is 4.79 Å². The molecule has 0 unspecified atom stereocenters. The van der Waals surface area contributed by atoms with Crippen LogP contribution in [0.4, 0.5) is 0 Å². The van der Waals surface area contributed by atoms with Gasteiger partial charge in [-0.15, -0.1) is 0 Å². The highest BCUT2D eigenvalue weighted by Gasteiger charge is 2.12. The number of hydrogen-bond donors (Lipinski definition) is 0. The molecule has 0 bridgehead atoms. The van der Waals surface area contributed by atoms with Crippen molar-refractivity contribution in [3.63, 3.8) is 0 Å². The number of ether oxygens (including phenoxy) is 4. The van der Waals surface area contributed by atoms with Crippen molar-refractivity contribution in [2.45, 2.75) is 19.4 Å². The zero-order chi connectivity index (χ0) is 18.2. The van der Waals surface area contributed by atoms with E-state index >= 15 is 0 Å². The molecule has 0 saturated carbocycles. The van der Waals surface area contributed by atoms with E-state index in [2.05, 4.69) is 15.9 Å². The van der Waals surface area contributed by atoms with Crippen molar-refractivity contribution < 1.29 is 23.7 Å². The van der Waals surface area contributed by atoms with Crippen LogP contribution in [-0.2, 0) is 22.6 Å². The highest BCUT2D eigenvalue weighted by Crippen LogP contribution is 2.33. The molecule has 2 rings (SSSR count). The molecule has 0 fully saturated rings. The Kier molecular flexibility index (Phi) is 7.13. The SMILES string of the molecule is COc1ccc(CCC(=O)OCc2cc(OC)c(OC)cc2Br)cc1. The molecule has 0 aromatic heterocycles. The average molecular weight is 409 g/mol. The normalized spacial score (nSPS) is 10.2. The summed E-state index contributed by atoms with van der Waals surface area (Å²) in [6.45, 7) is 0.169. The minimum absolute atomic E-state index is 0.169. The Morgan fingerprint density at radius 3 is 2.20 bits per heavy atom. The van der Waals surface area contributed by atoms with Crippen LogP contribution in [0.25, 0.3) is 0 Å². The van der Waals surface area contributed by atoms with Gasteiger partial charge in [0.15, 0.2) is 11.5 Å². The third-order valence-electron chi connectivity index (χ3n) is 3.72. The van der Waals surface area contributed by atoms with Crippen molar-refractivity contribution >= 4 is 21.9 Å². The second-order valence-electron chi connectivity index (χ2n) is 5.31. The van der Waals surface area contributed by atoms with Gasteiger partial charge in [0.2, 0.25) is 0 Å². The van der Waals surface area contributed by atoms with Crippen LogP contribution in [0.3, 0.4) is 0 Å². The monoisotopic (exact) mass is 408 g/mol. The van der Waals surface area contributed by atoms with E-state index in [0.717, 1.165) is 21.3 Å². The zero-order valence-corrected chi connectivity index (χ0v) is 16.1. The fourth-order valence-electron chi connectivity index (χ4n) is 2.28. The standard InChI is InChI=1S/C19H21BrO5/c1-22-15-7-4-13(5-8-15)6-9-19(21)25-12-14-10-17(23-2)18(24-3)11-16(14)20/h4-5,7-8,10-11H,6,9,12H2,1-3H3. The first kappa shape index (κ1) is 19.1. The summed E-state index contributed by atoms with van der Waals surface area (Å²) in [7, 11) is 4.76. The molecular formula is C19H21BrO5. The number of rotatable bonds is 8. The van der Waals surface area contributed by atoms with Crippen LogP contribution >= 0.6 is 15.9 Å². The minimum Gasteiger partial charge on any atom is -0.497 e. The number of methoxy groups -OCH3 is 3. The number of carbonyl (C=O) groups excluding carboxylic acids is 1. The molecule has 0 amide bonds. The van der Waals surface area contributed by atoms with Gasteiger partial charge in [0.25, 0.3) is 0 Å². The summed E-state index contributed by atoms with van der Waals surface area (Å²) in [5.41, 5.74) is 1.88. The van der Waals surface area contributed by atoms with E-state index in [-0.39, 0.29) is 12.6 Å². The van der Waals surface area contributed by atoms with Gasteiger partial charge in [0.1, 0.15) is 12.4 Å².